The van der Waals surface area contributed by atoms with Gasteiger partial charge in [-0.05, 0) is 5.56 Å². The Hall–Kier alpha value is -1.55. The van der Waals surface area contributed by atoms with E-state index < -0.39 is 0 Å². The fourth-order valence-corrected chi connectivity index (χ4v) is 1.94. The molecule has 3 nitrogen and oxygen atoms in total. The summed E-state index contributed by atoms with van der Waals surface area (Å²) in [6, 6.07) is 9.71. The molecule has 4 heteroatoms. The average molecular weight is 233 g/mol. The summed E-state index contributed by atoms with van der Waals surface area (Å²) < 4.78 is 5.03. The normalized spacial score (nSPS) is 10.2. The molecule has 0 bridgehead atoms. The molecule has 0 saturated carbocycles. The van der Waals surface area contributed by atoms with Crippen LogP contribution in [0.2, 0.25) is 0 Å². The molecule has 0 amide bonds. The number of oxazole rings is 1. The van der Waals surface area contributed by atoms with Crippen molar-refractivity contribution < 1.29 is 9.21 Å². The van der Waals surface area contributed by atoms with Crippen LogP contribution in [0.5, 0.6) is 0 Å². The second kappa shape index (κ2) is 5.51. The molecule has 2 rings (SSSR count). The van der Waals surface area contributed by atoms with Crippen LogP contribution in [-0.4, -0.2) is 16.5 Å². The molecule has 0 fully saturated rings. The van der Waals surface area contributed by atoms with E-state index in [0.29, 0.717) is 17.4 Å². The molecule has 0 atom stereocenters. The Balaban J connectivity index is 1.81. The SMILES string of the molecule is O=C(CSc1ncco1)Cc1ccccc1. The molecule has 0 aliphatic rings. The lowest BCUT2D eigenvalue weighted by molar-refractivity contribution is -0.116. The van der Waals surface area contributed by atoms with E-state index in [-0.39, 0.29) is 5.78 Å². The van der Waals surface area contributed by atoms with Gasteiger partial charge in [0.05, 0.1) is 11.9 Å². The molecule has 1 heterocycles. The number of hydrogen-bond donors (Lipinski definition) is 0. The molecular formula is C12H11NO2S. The molecule has 82 valence electrons. The van der Waals surface area contributed by atoms with Crippen LogP contribution in [-0.2, 0) is 11.2 Å². The largest absolute Gasteiger partial charge is 0.440 e. The van der Waals surface area contributed by atoms with Gasteiger partial charge in [-0.2, -0.15) is 0 Å². The van der Waals surface area contributed by atoms with E-state index in [1.165, 1.54) is 18.0 Å². The summed E-state index contributed by atoms with van der Waals surface area (Å²) in [7, 11) is 0. The van der Waals surface area contributed by atoms with E-state index >= 15 is 0 Å². The number of Topliss-reactive ketones (excluding diaryl/α,β-unsaturated/α-hetero) is 1. The van der Waals surface area contributed by atoms with E-state index in [1.54, 1.807) is 6.20 Å². The number of benzene rings is 1. The minimum atomic E-state index is 0.175. The first kappa shape index (κ1) is 11.0. The molecule has 0 radical (unpaired) electrons. The van der Waals surface area contributed by atoms with Gasteiger partial charge in [-0.1, -0.05) is 42.1 Å². The van der Waals surface area contributed by atoms with Crippen LogP contribution in [0.1, 0.15) is 5.56 Å². The van der Waals surface area contributed by atoms with Crippen LogP contribution in [0.4, 0.5) is 0 Å². The zero-order valence-corrected chi connectivity index (χ0v) is 9.44. The summed E-state index contributed by atoms with van der Waals surface area (Å²) in [6.07, 6.45) is 3.54. The van der Waals surface area contributed by atoms with Gasteiger partial charge in [0.2, 0.25) is 0 Å². The number of hydrogen-bond acceptors (Lipinski definition) is 4. The molecule has 1 aromatic heterocycles. The predicted molar refractivity (Wildman–Crippen MR) is 62.4 cm³/mol. The minimum Gasteiger partial charge on any atom is -0.440 e. The van der Waals surface area contributed by atoms with Gasteiger partial charge >= 0.3 is 0 Å². The Morgan fingerprint density at radius 2 is 2.12 bits per heavy atom. The van der Waals surface area contributed by atoms with Crippen LogP contribution in [0.15, 0.2) is 52.4 Å². The zero-order valence-electron chi connectivity index (χ0n) is 8.63. The first-order valence-electron chi connectivity index (χ1n) is 4.92. The summed E-state index contributed by atoms with van der Waals surface area (Å²) >= 11 is 1.33. The topological polar surface area (TPSA) is 43.1 Å². The van der Waals surface area contributed by atoms with Gasteiger partial charge in [0.15, 0.2) is 0 Å². The van der Waals surface area contributed by atoms with Crippen molar-refractivity contribution >= 4 is 17.5 Å². The van der Waals surface area contributed by atoms with Crippen LogP contribution >= 0.6 is 11.8 Å². The highest BCUT2D eigenvalue weighted by atomic mass is 32.2. The number of carbonyl (C=O) groups is 1. The maximum Gasteiger partial charge on any atom is 0.255 e. The zero-order chi connectivity index (χ0) is 11.2. The lowest BCUT2D eigenvalue weighted by Crippen LogP contribution is -2.05. The third-order valence-corrected chi connectivity index (χ3v) is 2.93. The number of thioether (sulfide) groups is 1. The van der Waals surface area contributed by atoms with Crippen LogP contribution in [0.25, 0.3) is 0 Å². The Kier molecular flexibility index (Phi) is 3.77. The highest BCUT2D eigenvalue weighted by Crippen LogP contribution is 2.15. The smallest absolute Gasteiger partial charge is 0.255 e. The minimum absolute atomic E-state index is 0.175. The van der Waals surface area contributed by atoms with E-state index in [0.717, 1.165) is 5.56 Å². The molecule has 0 unspecified atom stereocenters. The number of ketones is 1. The fourth-order valence-electron chi connectivity index (χ4n) is 1.30. The Bertz CT molecular complexity index is 439. The molecule has 0 spiro atoms. The molecular weight excluding hydrogens is 222 g/mol. The average Bonchev–Trinajstić information content (AvgIpc) is 2.81. The summed E-state index contributed by atoms with van der Waals surface area (Å²) in [4.78, 5) is 15.6. The third kappa shape index (κ3) is 3.24. The van der Waals surface area contributed by atoms with E-state index in [9.17, 15) is 4.79 Å². The molecule has 1 aromatic carbocycles. The highest BCUT2D eigenvalue weighted by Gasteiger charge is 2.06. The van der Waals surface area contributed by atoms with Gasteiger partial charge in [0.1, 0.15) is 12.0 Å². The predicted octanol–water partition coefficient (Wildman–Crippen LogP) is 2.58. The summed E-state index contributed by atoms with van der Waals surface area (Å²) in [5, 5.41) is 0.543. The van der Waals surface area contributed by atoms with Crippen LogP contribution in [0.3, 0.4) is 0 Å². The summed E-state index contributed by atoms with van der Waals surface area (Å²) in [5.74, 6) is 0.574. The van der Waals surface area contributed by atoms with Crippen molar-refractivity contribution in [3.8, 4) is 0 Å². The maximum absolute atomic E-state index is 11.6. The van der Waals surface area contributed by atoms with E-state index in [4.69, 9.17) is 4.42 Å². The molecule has 0 saturated heterocycles. The molecule has 16 heavy (non-hydrogen) atoms. The van der Waals surface area contributed by atoms with Crippen molar-refractivity contribution in [1.29, 1.82) is 0 Å². The number of aromatic nitrogens is 1. The molecule has 0 N–H and O–H groups in total. The number of carbonyl (C=O) groups excluding carboxylic acids is 1. The highest BCUT2D eigenvalue weighted by molar-refractivity contribution is 7.99. The van der Waals surface area contributed by atoms with Gasteiger partial charge in [-0.3, -0.25) is 4.79 Å². The maximum atomic E-state index is 11.6. The lowest BCUT2D eigenvalue weighted by Gasteiger charge is -1.99. The van der Waals surface area contributed by atoms with Gasteiger partial charge in [0, 0.05) is 6.42 Å². The summed E-state index contributed by atoms with van der Waals surface area (Å²) in [5.41, 5.74) is 1.04. The number of rotatable bonds is 5. The quantitative estimate of drug-likeness (QED) is 0.744. The first-order valence-corrected chi connectivity index (χ1v) is 5.91. The second-order valence-electron chi connectivity index (χ2n) is 3.29. The first-order chi connectivity index (χ1) is 7.84. The van der Waals surface area contributed by atoms with Crippen molar-refractivity contribution in [3.63, 3.8) is 0 Å². The second-order valence-corrected chi connectivity index (χ2v) is 4.21. The molecule has 0 aliphatic heterocycles. The monoisotopic (exact) mass is 233 g/mol. The van der Waals surface area contributed by atoms with Gasteiger partial charge in [-0.15, -0.1) is 0 Å². The van der Waals surface area contributed by atoms with Gasteiger partial charge < -0.3 is 4.42 Å². The Labute approximate surface area is 97.9 Å². The summed E-state index contributed by atoms with van der Waals surface area (Å²) in [6.45, 7) is 0. The Morgan fingerprint density at radius 1 is 1.31 bits per heavy atom. The Morgan fingerprint density at radius 3 is 2.81 bits per heavy atom. The van der Waals surface area contributed by atoms with Crippen molar-refractivity contribution in [2.45, 2.75) is 11.6 Å². The lowest BCUT2D eigenvalue weighted by atomic mass is 10.1. The molecule has 2 aromatic rings. The van der Waals surface area contributed by atoms with E-state index in [2.05, 4.69) is 4.98 Å². The van der Waals surface area contributed by atoms with Crippen molar-refractivity contribution in [2.75, 3.05) is 5.75 Å². The van der Waals surface area contributed by atoms with Crippen molar-refractivity contribution in [3.05, 3.63) is 48.4 Å². The van der Waals surface area contributed by atoms with Gasteiger partial charge in [0.25, 0.3) is 5.22 Å². The standard InChI is InChI=1S/C12H11NO2S/c14-11(8-10-4-2-1-3-5-10)9-16-12-13-6-7-15-12/h1-7H,8-9H2. The molecule has 0 aliphatic carbocycles. The van der Waals surface area contributed by atoms with E-state index in [1.807, 2.05) is 30.3 Å². The van der Waals surface area contributed by atoms with Crippen molar-refractivity contribution in [1.82, 2.24) is 4.98 Å². The van der Waals surface area contributed by atoms with Crippen LogP contribution in [0, 0.1) is 0 Å². The fraction of sp³-hybridized carbons (Fsp3) is 0.167. The van der Waals surface area contributed by atoms with Crippen LogP contribution < -0.4 is 0 Å². The number of nitrogens with zero attached hydrogens (tertiary/aromatic N) is 1. The third-order valence-electron chi connectivity index (χ3n) is 2.01. The van der Waals surface area contributed by atoms with Gasteiger partial charge in [-0.25, -0.2) is 4.98 Å². The van der Waals surface area contributed by atoms with Crippen molar-refractivity contribution in [2.24, 2.45) is 0 Å².